The lowest BCUT2D eigenvalue weighted by atomic mass is 10.0. The Hall–Kier alpha value is -1.72. The van der Waals surface area contributed by atoms with Crippen molar-refractivity contribution >= 4 is 17.2 Å². The van der Waals surface area contributed by atoms with Gasteiger partial charge in [0, 0.05) is 36.9 Å². The van der Waals surface area contributed by atoms with Crippen molar-refractivity contribution in [3.8, 4) is 0 Å². The van der Waals surface area contributed by atoms with E-state index >= 15 is 0 Å². The van der Waals surface area contributed by atoms with E-state index < -0.39 is 0 Å². The molecule has 0 spiro atoms. The molecule has 0 bridgehead atoms. The highest BCUT2D eigenvalue weighted by Gasteiger charge is 2.29. The van der Waals surface area contributed by atoms with Gasteiger partial charge < -0.3 is 10.2 Å². The van der Waals surface area contributed by atoms with E-state index in [2.05, 4.69) is 24.1 Å². The van der Waals surface area contributed by atoms with Crippen LogP contribution in [0.3, 0.4) is 0 Å². The molecule has 1 amide bonds. The summed E-state index contributed by atoms with van der Waals surface area (Å²) in [4.78, 5) is 21.3. The first kappa shape index (κ1) is 15.2. The highest BCUT2D eigenvalue weighted by molar-refractivity contribution is 7.14. The first-order valence-electron chi connectivity index (χ1n) is 7.71. The molecule has 1 N–H and O–H groups in total. The number of aromatic nitrogens is 1. The Morgan fingerprint density at radius 2 is 2.41 bits per heavy atom. The van der Waals surface area contributed by atoms with E-state index in [-0.39, 0.29) is 11.9 Å². The minimum Gasteiger partial charge on any atom is -0.328 e. The van der Waals surface area contributed by atoms with Crippen molar-refractivity contribution in [3.63, 3.8) is 0 Å². The number of rotatable bonds is 3. The number of hydrogen-bond acceptors (Lipinski definition) is 4. The summed E-state index contributed by atoms with van der Waals surface area (Å²) in [5.74, 6) is 0.142. The average Bonchev–Trinajstić information content (AvgIpc) is 2.96. The smallest absolute Gasteiger partial charge is 0.264 e. The molecule has 1 atom stereocenters. The van der Waals surface area contributed by atoms with Crippen molar-refractivity contribution < 1.29 is 4.79 Å². The van der Waals surface area contributed by atoms with Crippen LogP contribution in [0.1, 0.15) is 38.6 Å². The van der Waals surface area contributed by atoms with E-state index in [1.54, 1.807) is 17.5 Å². The number of carbonyl (C=O) groups is 1. The van der Waals surface area contributed by atoms with Gasteiger partial charge in [0.15, 0.2) is 0 Å². The molecule has 0 radical (unpaired) electrons. The summed E-state index contributed by atoms with van der Waals surface area (Å²) in [5.41, 5.74) is 2.32. The van der Waals surface area contributed by atoms with Crippen LogP contribution in [0.25, 0.3) is 0 Å². The minimum atomic E-state index is 0.0578. The largest absolute Gasteiger partial charge is 0.328 e. The molecule has 0 saturated carbocycles. The molecular formula is C17H21N3OS. The van der Waals surface area contributed by atoms with Gasteiger partial charge in [0.2, 0.25) is 0 Å². The Balaban J connectivity index is 1.88. The molecule has 1 unspecified atom stereocenters. The fraction of sp³-hybridized carbons (Fsp3) is 0.412. The van der Waals surface area contributed by atoms with Gasteiger partial charge in [-0.15, -0.1) is 11.3 Å². The molecule has 22 heavy (non-hydrogen) atoms. The van der Waals surface area contributed by atoms with Crippen LogP contribution in [-0.2, 0) is 6.42 Å². The number of amides is 1. The van der Waals surface area contributed by atoms with Crippen molar-refractivity contribution in [1.29, 1.82) is 0 Å². The first-order chi connectivity index (χ1) is 10.7. The normalized spacial score (nSPS) is 18.5. The third kappa shape index (κ3) is 2.91. The average molecular weight is 315 g/mol. The molecule has 3 heterocycles. The standard InChI is InChI=1S/C17H21N3OS/c1-3-15-12(2)9-16(22-15)17(21)20-8-7-19-11-14(20)13-5-4-6-18-10-13/h4-6,9-10,14,19H,3,7-8,11H2,1-2H3. The van der Waals surface area contributed by atoms with Crippen molar-refractivity contribution in [2.45, 2.75) is 26.3 Å². The van der Waals surface area contributed by atoms with E-state index in [1.165, 1.54) is 10.4 Å². The lowest BCUT2D eigenvalue weighted by molar-refractivity contribution is 0.0639. The Kier molecular flexibility index (Phi) is 4.55. The number of pyridine rings is 1. The van der Waals surface area contributed by atoms with Crippen LogP contribution in [-0.4, -0.2) is 35.4 Å². The fourth-order valence-electron chi connectivity index (χ4n) is 2.94. The van der Waals surface area contributed by atoms with Crippen LogP contribution in [0.15, 0.2) is 30.6 Å². The SMILES string of the molecule is CCc1sc(C(=O)N2CCNCC2c2cccnc2)cc1C. The van der Waals surface area contributed by atoms with Crippen LogP contribution < -0.4 is 5.32 Å². The zero-order valence-corrected chi connectivity index (χ0v) is 13.8. The molecule has 2 aromatic rings. The Bertz CT molecular complexity index is 653. The molecule has 0 aliphatic carbocycles. The second-order valence-corrected chi connectivity index (χ2v) is 6.71. The number of hydrogen-bond donors (Lipinski definition) is 1. The third-order valence-electron chi connectivity index (χ3n) is 4.13. The summed E-state index contributed by atoms with van der Waals surface area (Å²) in [5, 5.41) is 3.38. The van der Waals surface area contributed by atoms with Crippen LogP contribution in [0, 0.1) is 6.92 Å². The van der Waals surface area contributed by atoms with Gasteiger partial charge in [-0.05, 0) is 36.6 Å². The van der Waals surface area contributed by atoms with Crippen molar-refractivity contribution in [2.75, 3.05) is 19.6 Å². The van der Waals surface area contributed by atoms with Gasteiger partial charge in [0.1, 0.15) is 0 Å². The molecule has 2 aromatic heterocycles. The van der Waals surface area contributed by atoms with Crippen molar-refractivity contribution in [3.05, 3.63) is 51.5 Å². The quantitative estimate of drug-likeness (QED) is 0.947. The van der Waals surface area contributed by atoms with Gasteiger partial charge in [-0.3, -0.25) is 9.78 Å². The number of nitrogens with one attached hydrogen (secondary N) is 1. The molecule has 116 valence electrons. The van der Waals surface area contributed by atoms with Crippen LogP contribution in [0.5, 0.6) is 0 Å². The van der Waals surface area contributed by atoms with Crippen molar-refractivity contribution in [2.24, 2.45) is 0 Å². The van der Waals surface area contributed by atoms with E-state index in [9.17, 15) is 4.79 Å². The second kappa shape index (κ2) is 6.58. The molecule has 4 nitrogen and oxygen atoms in total. The number of aryl methyl sites for hydroxylation is 2. The number of nitrogens with zero attached hydrogens (tertiary/aromatic N) is 2. The molecule has 3 rings (SSSR count). The monoisotopic (exact) mass is 315 g/mol. The van der Waals surface area contributed by atoms with Gasteiger partial charge in [-0.1, -0.05) is 13.0 Å². The van der Waals surface area contributed by atoms with Crippen LogP contribution in [0.2, 0.25) is 0 Å². The zero-order chi connectivity index (χ0) is 15.5. The van der Waals surface area contributed by atoms with Gasteiger partial charge in [0.25, 0.3) is 5.91 Å². The molecule has 1 aliphatic heterocycles. The Morgan fingerprint density at radius 3 is 3.09 bits per heavy atom. The Morgan fingerprint density at radius 1 is 1.55 bits per heavy atom. The molecule has 0 aromatic carbocycles. The lowest BCUT2D eigenvalue weighted by Crippen LogP contribution is -2.48. The van der Waals surface area contributed by atoms with E-state index in [0.717, 1.165) is 36.5 Å². The lowest BCUT2D eigenvalue weighted by Gasteiger charge is -2.36. The summed E-state index contributed by atoms with van der Waals surface area (Å²) in [6, 6.07) is 6.07. The van der Waals surface area contributed by atoms with E-state index in [1.807, 2.05) is 29.3 Å². The number of carbonyl (C=O) groups excluding carboxylic acids is 1. The Labute approximate surface area is 135 Å². The molecular weight excluding hydrogens is 294 g/mol. The maximum atomic E-state index is 13.0. The maximum Gasteiger partial charge on any atom is 0.264 e. The van der Waals surface area contributed by atoms with Gasteiger partial charge in [-0.2, -0.15) is 0 Å². The van der Waals surface area contributed by atoms with Gasteiger partial charge in [-0.25, -0.2) is 0 Å². The summed E-state index contributed by atoms with van der Waals surface area (Å²) in [7, 11) is 0. The predicted octanol–water partition coefficient (Wildman–Crippen LogP) is 2.80. The molecule has 5 heteroatoms. The number of thiophene rings is 1. The van der Waals surface area contributed by atoms with E-state index in [0.29, 0.717) is 0 Å². The number of piperazine rings is 1. The molecule has 1 saturated heterocycles. The molecule has 1 aliphatic rings. The van der Waals surface area contributed by atoms with Gasteiger partial charge in [0.05, 0.1) is 10.9 Å². The van der Waals surface area contributed by atoms with Crippen LogP contribution >= 0.6 is 11.3 Å². The summed E-state index contributed by atoms with van der Waals surface area (Å²) >= 11 is 1.63. The van der Waals surface area contributed by atoms with Crippen molar-refractivity contribution in [1.82, 2.24) is 15.2 Å². The summed E-state index contributed by atoms with van der Waals surface area (Å²) < 4.78 is 0. The fourth-order valence-corrected chi connectivity index (χ4v) is 4.01. The zero-order valence-electron chi connectivity index (χ0n) is 13.0. The van der Waals surface area contributed by atoms with Crippen LogP contribution in [0.4, 0.5) is 0 Å². The summed E-state index contributed by atoms with van der Waals surface area (Å²) in [6.45, 7) is 6.57. The first-order valence-corrected chi connectivity index (χ1v) is 8.53. The van der Waals surface area contributed by atoms with Gasteiger partial charge >= 0.3 is 0 Å². The predicted molar refractivity (Wildman–Crippen MR) is 89.3 cm³/mol. The highest BCUT2D eigenvalue weighted by atomic mass is 32.1. The van der Waals surface area contributed by atoms with E-state index in [4.69, 9.17) is 0 Å². The maximum absolute atomic E-state index is 13.0. The second-order valence-electron chi connectivity index (χ2n) is 5.58. The highest BCUT2D eigenvalue weighted by Crippen LogP contribution is 2.28. The third-order valence-corrected chi connectivity index (χ3v) is 5.50. The summed E-state index contributed by atoms with van der Waals surface area (Å²) in [6.07, 6.45) is 4.61. The minimum absolute atomic E-state index is 0.0578. The molecule has 1 fully saturated rings. The topological polar surface area (TPSA) is 45.2 Å².